The lowest BCUT2D eigenvalue weighted by Crippen LogP contribution is -2.08. The molecule has 6 nitrogen and oxygen atoms in total. The van der Waals surface area contributed by atoms with Crippen LogP contribution in [-0.2, 0) is 20.8 Å². The first-order valence-electron chi connectivity index (χ1n) is 7.06. The molecule has 1 aromatic rings. The molecule has 0 unspecified atom stereocenters. The minimum absolute atomic E-state index is 0.461. The van der Waals surface area contributed by atoms with Crippen molar-refractivity contribution in [3.05, 3.63) is 18.1 Å². The zero-order valence-electron chi connectivity index (χ0n) is 12.4. The molecule has 0 aromatic carbocycles. The number of hydrogen-bond acceptors (Lipinski definition) is 6. The lowest BCUT2D eigenvalue weighted by molar-refractivity contribution is 0.0327. The Morgan fingerprint density at radius 2 is 1.90 bits per heavy atom. The Kier molecular flexibility index (Phi) is 9.73. The van der Waals surface area contributed by atoms with E-state index >= 15 is 0 Å². The van der Waals surface area contributed by atoms with E-state index in [0.717, 1.165) is 37.5 Å². The highest BCUT2D eigenvalue weighted by atomic mass is 16.5. The number of hydrogen-bond donors (Lipinski definition) is 1. The van der Waals surface area contributed by atoms with E-state index in [0.29, 0.717) is 26.4 Å². The van der Waals surface area contributed by atoms with Crippen LogP contribution in [0.2, 0.25) is 0 Å². The molecule has 0 bridgehead atoms. The lowest BCUT2D eigenvalue weighted by Gasteiger charge is -2.06. The zero-order chi connectivity index (χ0) is 14.5. The van der Waals surface area contributed by atoms with E-state index in [4.69, 9.17) is 14.2 Å². The van der Waals surface area contributed by atoms with Crippen molar-refractivity contribution in [1.29, 1.82) is 0 Å². The topological polar surface area (TPSA) is 65.5 Å². The van der Waals surface area contributed by atoms with Gasteiger partial charge in [-0.1, -0.05) is 6.92 Å². The van der Waals surface area contributed by atoms with Crippen molar-refractivity contribution in [2.24, 2.45) is 0 Å². The number of nitrogens with zero attached hydrogens (tertiary/aromatic N) is 2. The van der Waals surface area contributed by atoms with Gasteiger partial charge in [0, 0.05) is 26.9 Å². The van der Waals surface area contributed by atoms with Gasteiger partial charge in [-0.3, -0.25) is 4.98 Å². The standard InChI is InChI=1S/C14H25N3O3/c1-3-5-15-14-11-16-13(10-17-14)12-20-9-8-19-7-4-6-18-2/h10-11H,3-9,12H2,1-2H3,(H,15,17). The maximum Gasteiger partial charge on any atom is 0.144 e. The van der Waals surface area contributed by atoms with Crippen molar-refractivity contribution in [2.75, 3.05) is 45.4 Å². The summed E-state index contributed by atoms with van der Waals surface area (Å²) in [5.41, 5.74) is 0.825. The van der Waals surface area contributed by atoms with Crippen molar-refractivity contribution < 1.29 is 14.2 Å². The highest BCUT2D eigenvalue weighted by molar-refractivity contribution is 5.30. The molecule has 1 aromatic heterocycles. The molecule has 0 radical (unpaired) electrons. The van der Waals surface area contributed by atoms with Gasteiger partial charge >= 0.3 is 0 Å². The first-order valence-corrected chi connectivity index (χ1v) is 7.06. The van der Waals surface area contributed by atoms with E-state index in [2.05, 4.69) is 22.2 Å². The molecule has 1 rings (SSSR count). The van der Waals surface area contributed by atoms with E-state index < -0.39 is 0 Å². The Balaban J connectivity index is 2.04. The molecule has 114 valence electrons. The quantitative estimate of drug-likeness (QED) is 0.591. The second-order valence-electron chi connectivity index (χ2n) is 4.33. The molecule has 0 saturated carbocycles. The van der Waals surface area contributed by atoms with Crippen LogP contribution < -0.4 is 5.32 Å². The van der Waals surface area contributed by atoms with Crippen LogP contribution in [0.3, 0.4) is 0 Å². The van der Waals surface area contributed by atoms with Crippen LogP contribution in [-0.4, -0.2) is 50.1 Å². The van der Waals surface area contributed by atoms with Gasteiger partial charge in [-0.15, -0.1) is 0 Å². The predicted octanol–water partition coefficient (Wildman–Crippen LogP) is 1.87. The van der Waals surface area contributed by atoms with Crippen molar-refractivity contribution in [3.63, 3.8) is 0 Å². The molecule has 1 heterocycles. The fraction of sp³-hybridized carbons (Fsp3) is 0.714. The highest BCUT2D eigenvalue weighted by Crippen LogP contribution is 2.02. The summed E-state index contributed by atoms with van der Waals surface area (Å²) in [4.78, 5) is 8.55. The third-order valence-corrected chi connectivity index (χ3v) is 2.52. The Hall–Kier alpha value is -1.24. The molecule has 0 aliphatic rings. The molecule has 0 atom stereocenters. The number of nitrogens with one attached hydrogen (secondary N) is 1. The van der Waals surface area contributed by atoms with Gasteiger partial charge < -0.3 is 19.5 Å². The average molecular weight is 283 g/mol. The Labute approximate surface area is 120 Å². The Morgan fingerprint density at radius 3 is 2.60 bits per heavy atom. The predicted molar refractivity (Wildman–Crippen MR) is 77.8 cm³/mol. The Bertz CT molecular complexity index is 333. The summed E-state index contributed by atoms with van der Waals surface area (Å²) in [5, 5.41) is 3.18. The highest BCUT2D eigenvalue weighted by Gasteiger charge is 1.98. The molecule has 0 fully saturated rings. The molecule has 0 spiro atoms. The van der Waals surface area contributed by atoms with Crippen LogP contribution in [0.15, 0.2) is 12.4 Å². The smallest absolute Gasteiger partial charge is 0.144 e. The van der Waals surface area contributed by atoms with Crippen molar-refractivity contribution in [1.82, 2.24) is 9.97 Å². The number of ether oxygens (including phenoxy) is 3. The van der Waals surface area contributed by atoms with Gasteiger partial charge in [0.1, 0.15) is 5.82 Å². The second-order valence-corrected chi connectivity index (χ2v) is 4.33. The number of methoxy groups -OCH3 is 1. The van der Waals surface area contributed by atoms with Crippen LogP contribution in [0.25, 0.3) is 0 Å². The molecule has 0 amide bonds. The maximum atomic E-state index is 5.47. The first-order chi connectivity index (χ1) is 9.86. The molecule has 6 heteroatoms. The zero-order valence-corrected chi connectivity index (χ0v) is 12.4. The normalized spacial score (nSPS) is 10.7. The minimum Gasteiger partial charge on any atom is -0.385 e. The average Bonchev–Trinajstić information content (AvgIpc) is 2.49. The van der Waals surface area contributed by atoms with Gasteiger partial charge in [-0.05, 0) is 12.8 Å². The molecule has 20 heavy (non-hydrogen) atoms. The largest absolute Gasteiger partial charge is 0.385 e. The third kappa shape index (κ3) is 8.04. The fourth-order valence-electron chi connectivity index (χ4n) is 1.48. The minimum atomic E-state index is 0.461. The van der Waals surface area contributed by atoms with Crippen LogP contribution in [0.4, 0.5) is 5.82 Å². The summed E-state index contributed by atoms with van der Waals surface area (Å²) >= 11 is 0. The number of anilines is 1. The van der Waals surface area contributed by atoms with Gasteiger partial charge in [0.25, 0.3) is 0 Å². The SMILES string of the molecule is CCCNc1cnc(COCCOCCCOC)cn1. The van der Waals surface area contributed by atoms with Crippen LogP contribution in [0.1, 0.15) is 25.5 Å². The molecule has 0 aliphatic carbocycles. The molecular weight excluding hydrogens is 258 g/mol. The van der Waals surface area contributed by atoms with E-state index in [1.165, 1.54) is 0 Å². The van der Waals surface area contributed by atoms with Gasteiger partial charge in [0.2, 0.25) is 0 Å². The summed E-state index contributed by atoms with van der Waals surface area (Å²) in [6.07, 6.45) is 5.44. The van der Waals surface area contributed by atoms with Crippen molar-refractivity contribution >= 4 is 5.82 Å². The Morgan fingerprint density at radius 1 is 1.05 bits per heavy atom. The third-order valence-electron chi connectivity index (χ3n) is 2.52. The maximum absolute atomic E-state index is 5.47. The molecule has 1 N–H and O–H groups in total. The van der Waals surface area contributed by atoms with Crippen molar-refractivity contribution in [3.8, 4) is 0 Å². The summed E-state index contributed by atoms with van der Waals surface area (Å²) in [7, 11) is 1.69. The number of rotatable bonds is 12. The number of aromatic nitrogens is 2. The van der Waals surface area contributed by atoms with E-state index in [1.807, 2.05) is 0 Å². The van der Waals surface area contributed by atoms with Gasteiger partial charge in [-0.2, -0.15) is 0 Å². The molecule has 0 aliphatic heterocycles. The first kappa shape index (κ1) is 16.8. The van der Waals surface area contributed by atoms with E-state index in [9.17, 15) is 0 Å². The lowest BCUT2D eigenvalue weighted by atomic mass is 10.4. The van der Waals surface area contributed by atoms with Crippen molar-refractivity contribution in [2.45, 2.75) is 26.4 Å². The van der Waals surface area contributed by atoms with Crippen LogP contribution in [0, 0.1) is 0 Å². The van der Waals surface area contributed by atoms with Gasteiger partial charge in [0.15, 0.2) is 0 Å². The van der Waals surface area contributed by atoms with E-state index in [1.54, 1.807) is 19.5 Å². The van der Waals surface area contributed by atoms with E-state index in [-0.39, 0.29) is 0 Å². The summed E-state index contributed by atoms with van der Waals surface area (Å²) in [5.74, 6) is 0.803. The second kappa shape index (κ2) is 11.6. The summed E-state index contributed by atoms with van der Waals surface area (Å²) in [6, 6.07) is 0. The monoisotopic (exact) mass is 283 g/mol. The van der Waals surface area contributed by atoms with Crippen LogP contribution >= 0.6 is 0 Å². The van der Waals surface area contributed by atoms with Crippen LogP contribution in [0.5, 0.6) is 0 Å². The summed E-state index contributed by atoms with van der Waals surface area (Å²) in [6.45, 7) is 6.06. The molecular formula is C14H25N3O3. The molecule has 0 saturated heterocycles. The van der Waals surface area contributed by atoms with Gasteiger partial charge in [0.05, 0.1) is 37.9 Å². The van der Waals surface area contributed by atoms with Gasteiger partial charge in [-0.25, -0.2) is 4.98 Å². The fourth-order valence-corrected chi connectivity index (χ4v) is 1.48. The summed E-state index contributed by atoms with van der Waals surface area (Å²) < 4.78 is 15.8.